The predicted octanol–water partition coefficient (Wildman–Crippen LogP) is 2.67. The van der Waals surface area contributed by atoms with Gasteiger partial charge in [0.05, 0.1) is 11.1 Å². The maximum Gasteiger partial charge on any atom is 0.107 e. The molecule has 0 saturated carbocycles. The Morgan fingerprint density at radius 1 is 1.13 bits per heavy atom. The van der Waals surface area contributed by atoms with Gasteiger partial charge in [0.1, 0.15) is 11.6 Å². The summed E-state index contributed by atoms with van der Waals surface area (Å²) in [6, 6.07) is 2.20. The first-order chi connectivity index (χ1) is 7.06. The van der Waals surface area contributed by atoms with Gasteiger partial charge in [-0.25, -0.2) is 4.98 Å². The maximum atomic E-state index is 9.05. The molecule has 3 nitrogen and oxygen atoms in total. The van der Waals surface area contributed by atoms with Gasteiger partial charge in [-0.1, -0.05) is 0 Å². The molecule has 0 bridgehead atoms. The molecule has 0 aromatic carbocycles. The van der Waals surface area contributed by atoms with Crippen LogP contribution < -0.4 is 0 Å². The third kappa shape index (κ3) is 1.22. The molecule has 0 fully saturated rings. The monoisotopic (exact) mass is 199 g/mol. The Balaban J connectivity index is 3.00. The van der Waals surface area contributed by atoms with Crippen molar-refractivity contribution in [1.29, 1.82) is 5.26 Å². The lowest BCUT2D eigenvalue weighted by molar-refractivity contribution is 1.16. The average molecular weight is 199 g/mol. The zero-order valence-electron chi connectivity index (χ0n) is 9.39. The predicted molar refractivity (Wildman–Crippen MR) is 59.8 cm³/mol. The van der Waals surface area contributed by atoms with Crippen LogP contribution in [0.15, 0.2) is 0 Å². The lowest BCUT2D eigenvalue weighted by Gasteiger charge is -2.04. The highest BCUT2D eigenvalue weighted by atomic mass is 14.8. The number of pyridine rings is 1. The molecule has 0 radical (unpaired) electrons. The molecule has 76 valence electrons. The van der Waals surface area contributed by atoms with Crippen molar-refractivity contribution in [1.82, 2.24) is 9.97 Å². The third-order valence-electron chi connectivity index (χ3n) is 3.03. The number of nitriles is 1. The molecule has 15 heavy (non-hydrogen) atoms. The molecule has 2 heterocycles. The Bertz CT molecular complexity index is 585. The second-order valence-electron chi connectivity index (χ2n) is 3.91. The zero-order chi connectivity index (χ0) is 11.2. The molecule has 0 amide bonds. The van der Waals surface area contributed by atoms with Crippen LogP contribution in [0.5, 0.6) is 0 Å². The molecule has 0 unspecified atom stereocenters. The number of rotatable bonds is 0. The molecule has 3 heteroatoms. The highest BCUT2D eigenvalue weighted by Crippen LogP contribution is 2.25. The SMILES string of the molecule is Cc1nc2c(C#N)c(C)[nH]c2c(C)c1C. The Morgan fingerprint density at radius 2 is 1.80 bits per heavy atom. The first-order valence-corrected chi connectivity index (χ1v) is 4.92. The second-order valence-corrected chi connectivity index (χ2v) is 3.91. The summed E-state index contributed by atoms with van der Waals surface area (Å²) in [5.41, 5.74) is 6.72. The van der Waals surface area contributed by atoms with Crippen LogP contribution >= 0.6 is 0 Å². The van der Waals surface area contributed by atoms with Crippen molar-refractivity contribution in [3.63, 3.8) is 0 Å². The van der Waals surface area contributed by atoms with Crippen LogP contribution in [-0.2, 0) is 0 Å². The molecule has 0 saturated heterocycles. The van der Waals surface area contributed by atoms with E-state index in [0.29, 0.717) is 5.56 Å². The summed E-state index contributed by atoms with van der Waals surface area (Å²) in [6.07, 6.45) is 0. The molecule has 1 N–H and O–H groups in total. The minimum absolute atomic E-state index is 0.663. The van der Waals surface area contributed by atoms with Crippen LogP contribution in [-0.4, -0.2) is 9.97 Å². The number of aromatic nitrogens is 2. The number of aryl methyl sites for hydroxylation is 3. The zero-order valence-corrected chi connectivity index (χ0v) is 9.39. The normalized spacial score (nSPS) is 10.6. The largest absolute Gasteiger partial charge is 0.356 e. The van der Waals surface area contributed by atoms with Crippen LogP contribution in [0, 0.1) is 39.0 Å². The van der Waals surface area contributed by atoms with Gasteiger partial charge in [0.15, 0.2) is 0 Å². The number of hydrogen-bond acceptors (Lipinski definition) is 2. The summed E-state index contributed by atoms with van der Waals surface area (Å²) in [4.78, 5) is 7.70. The molecule has 0 aliphatic heterocycles. The highest BCUT2D eigenvalue weighted by Gasteiger charge is 2.13. The van der Waals surface area contributed by atoms with Crippen LogP contribution in [0.1, 0.15) is 28.1 Å². The number of aromatic amines is 1. The van der Waals surface area contributed by atoms with Gasteiger partial charge in [-0.05, 0) is 38.8 Å². The minimum atomic E-state index is 0.663. The van der Waals surface area contributed by atoms with E-state index in [0.717, 1.165) is 22.4 Å². The molecular formula is C12H13N3. The lowest BCUT2D eigenvalue weighted by Crippen LogP contribution is -1.92. The minimum Gasteiger partial charge on any atom is -0.356 e. The van der Waals surface area contributed by atoms with Gasteiger partial charge in [0.25, 0.3) is 0 Å². The van der Waals surface area contributed by atoms with Crippen molar-refractivity contribution in [2.75, 3.05) is 0 Å². The van der Waals surface area contributed by atoms with E-state index in [4.69, 9.17) is 5.26 Å². The summed E-state index contributed by atoms with van der Waals surface area (Å²) in [7, 11) is 0. The van der Waals surface area contributed by atoms with Crippen molar-refractivity contribution >= 4 is 11.0 Å². The highest BCUT2D eigenvalue weighted by molar-refractivity contribution is 5.86. The van der Waals surface area contributed by atoms with Gasteiger partial charge < -0.3 is 4.98 Å². The van der Waals surface area contributed by atoms with E-state index in [-0.39, 0.29) is 0 Å². The van der Waals surface area contributed by atoms with E-state index in [1.165, 1.54) is 11.1 Å². The molecule has 0 spiro atoms. The second kappa shape index (κ2) is 3.09. The summed E-state index contributed by atoms with van der Waals surface area (Å²) in [6.45, 7) is 8.00. The molecule has 0 aliphatic rings. The first kappa shape index (κ1) is 9.72. The molecule has 0 atom stereocenters. The molecular weight excluding hydrogens is 186 g/mol. The smallest absolute Gasteiger partial charge is 0.107 e. The Kier molecular flexibility index (Phi) is 2.01. The van der Waals surface area contributed by atoms with Gasteiger partial charge in [0, 0.05) is 11.4 Å². The number of hydrogen-bond donors (Lipinski definition) is 1. The summed E-state index contributed by atoms with van der Waals surface area (Å²) in [5, 5.41) is 9.05. The lowest BCUT2D eigenvalue weighted by atomic mass is 10.1. The summed E-state index contributed by atoms with van der Waals surface area (Å²) in [5.74, 6) is 0. The van der Waals surface area contributed by atoms with Gasteiger partial charge in [-0.15, -0.1) is 0 Å². The molecule has 2 aromatic heterocycles. The van der Waals surface area contributed by atoms with Crippen LogP contribution in [0.25, 0.3) is 11.0 Å². The number of nitrogens with zero attached hydrogens (tertiary/aromatic N) is 2. The van der Waals surface area contributed by atoms with E-state index in [2.05, 4.69) is 29.9 Å². The maximum absolute atomic E-state index is 9.05. The Hall–Kier alpha value is -1.82. The fourth-order valence-corrected chi connectivity index (χ4v) is 1.84. The fourth-order valence-electron chi connectivity index (χ4n) is 1.84. The van der Waals surface area contributed by atoms with Crippen LogP contribution in [0.3, 0.4) is 0 Å². The van der Waals surface area contributed by atoms with Gasteiger partial charge in [-0.3, -0.25) is 0 Å². The van der Waals surface area contributed by atoms with Crippen LogP contribution in [0.2, 0.25) is 0 Å². The summed E-state index contributed by atoms with van der Waals surface area (Å²) >= 11 is 0. The van der Waals surface area contributed by atoms with E-state index >= 15 is 0 Å². The topological polar surface area (TPSA) is 52.5 Å². The van der Waals surface area contributed by atoms with Gasteiger partial charge >= 0.3 is 0 Å². The number of H-pyrrole nitrogens is 1. The third-order valence-corrected chi connectivity index (χ3v) is 3.03. The van der Waals surface area contributed by atoms with Crippen molar-refractivity contribution < 1.29 is 0 Å². The Morgan fingerprint density at radius 3 is 2.40 bits per heavy atom. The van der Waals surface area contributed by atoms with Gasteiger partial charge in [-0.2, -0.15) is 5.26 Å². The standard InChI is InChI=1S/C12H13N3/c1-6-7(2)11-12(14-8(6)3)10(5-13)9(4)15-11/h15H,1-4H3. The fraction of sp³-hybridized carbons (Fsp3) is 0.333. The van der Waals surface area contributed by atoms with E-state index in [9.17, 15) is 0 Å². The van der Waals surface area contributed by atoms with Crippen LogP contribution in [0.4, 0.5) is 0 Å². The van der Waals surface area contributed by atoms with Crippen molar-refractivity contribution in [2.45, 2.75) is 27.7 Å². The number of nitrogens with one attached hydrogen (secondary N) is 1. The van der Waals surface area contributed by atoms with E-state index < -0.39 is 0 Å². The molecule has 2 rings (SSSR count). The molecule has 2 aromatic rings. The van der Waals surface area contributed by atoms with Crippen molar-refractivity contribution in [3.05, 3.63) is 28.1 Å². The molecule has 0 aliphatic carbocycles. The van der Waals surface area contributed by atoms with Crippen molar-refractivity contribution in [2.24, 2.45) is 0 Å². The Labute approximate surface area is 88.8 Å². The van der Waals surface area contributed by atoms with Crippen molar-refractivity contribution in [3.8, 4) is 6.07 Å². The van der Waals surface area contributed by atoms with E-state index in [1.807, 2.05) is 13.8 Å². The first-order valence-electron chi connectivity index (χ1n) is 4.92. The summed E-state index contributed by atoms with van der Waals surface area (Å²) < 4.78 is 0. The van der Waals surface area contributed by atoms with E-state index in [1.54, 1.807) is 0 Å². The average Bonchev–Trinajstić information content (AvgIpc) is 2.51. The quantitative estimate of drug-likeness (QED) is 0.709. The van der Waals surface area contributed by atoms with Gasteiger partial charge in [0.2, 0.25) is 0 Å². The number of fused-ring (bicyclic) bond motifs is 1.